The summed E-state index contributed by atoms with van der Waals surface area (Å²) >= 11 is 5.76. The van der Waals surface area contributed by atoms with Crippen LogP contribution in [0, 0.1) is 0 Å². The number of hydrogen-bond donors (Lipinski definition) is 4. The van der Waals surface area contributed by atoms with Crippen LogP contribution in [0.25, 0.3) is 0 Å². The number of amides is 1. The van der Waals surface area contributed by atoms with Gasteiger partial charge in [0.2, 0.25) is 0 Å². The molecule has 1 aromatic carbocycles. The standard InChI is InChI=1S/C18H17ClF2N4O4S/c19-10-1-3-13(23-8-10)15(26)24-11-2-4-14-12(7-11)17(5-6-30(14,27)28)18(20,21)9-29-16(22)25-17/h1-4,7-8,27-28H,5-6,9H2,(H2,22,25)(H,24,26)/t17-/m1/s1. The highest BCUT2D eigenvalue weighted by atomic mass is 35.5. The summed E-state index contributed by atoms with van der Waals surface area (Å²) in [6.45, 7) is -0.994. The molecule has 0 bridgehead atoms. The van der Waals surface area contributed by atoms with Crippen LogP contribution in [0.3, 0.4) is 0 Å². The van der Waals surface area contributed by atoms with E-state index in [1.54, 1.807) is 0 Å². The number of amidine groups is 1. The van der Waals surface area contributed by atoms with E-state index in [9.17, 15) is 22.7 Å². The molecule has 160 valence electrons. The molecule has 0 unspecified atom stereocenters. The second kappa shape index (κ2) is 7.05. The Hall–Kier alpha value is -2.47. The molecule has 0 saturated heterocycles. The molecule has 12 heteroatoms. The molecular weight excluding hydrogens is 442 g/mol. The van der Waals surface area contributed by atoms with Gasteiger partial charge in [0.25, 0.3) is 11.9 Å². The summed E-state index contributed by atoms with van der Waals surface area (Å²) in [7, 11) is -3.31. The highest BCUT2D eigenvalue weighted by molar-refractivity contribution is 8.24. The van der Waals surface area contributed by atoms with Crippen molar-refractivity contribution in [1.29, 1.82) is 0 Å². The molecule has 30 heavy (non-hydrogen) atoms. The van der Waals surface area contributed by atoms with Crippen molar-refractivity contribution in [3.05, 3.63) is 52.8 Å². The number of hydrogen-bond acceptors (Lipinski definition) is 7. The minimum atomic E-state index is -3.46. The maximum Gasteiger partial charge on any atom is 0.310 e. The van der Waals surface area contributed by atoms with Gasteiger partial charge >= 0.3 is 5.92 Å². The van der Waals surface area contributed by atoms with Crippen molar-refractivity contribution in [3.8, 4) is 0 Å². The first-order chi connectivity index (χ1) is 14.0. The Balaban J connectivity index is 1.78. The number of anilines is 1. The van der Waals surface area contributed by atoms with Crippen LogP contribution >= 0.6 is 22.2 Å². The van der Waals surface area contributed by atoms with Gasteiger partial charge in [-0.2, -0.15) is 19.4 Å². The summed E-state index contributed by atoms with van der Waals surface area (Å²) in [4.78, 5) is 20.2. The highest BCUT2D eigenvalue weighted by Gasteiger charge is 2.61. The Labute approximate surface area is 176 Å². The number of nitrogens with one attached hydrogen (secondary N) is 1. The summed E-state index contributed by atoms with van der Waals surface area (Å²) in [6.07, 6.45) is 0.948. The number of benzene rings is 1. The van der Waals surface area contributed by atoms with Crippen LogP contribution in [0.5, 0.6) is 0 Å². The van der Waals surface area contributed by atoms with Crippen molar-refractivity contribution < 1.29 is 27.4 Å². The molecule has 0 radical (unpaired) electrons. The van der Waals surface area contributed by atoms with E-state index in [2.05, 4.69) is 15.3 Å². The van der Waals surface area contributed by atoms with Crippen LogP contribution in [-0.4, -0.2) is 44.3 Å². The van der Waals surface area contributed by atoms with Crippen LogP contribution in [0.1, 0.15) is 22.5 Å². The molecule has 5 N–H and O–H groups in total. The van der Waals surface area contributed by atoms with Gasteiger partial charge in [0.1, 0.15) is 5.69 Å². The number of pyridine rings is 1. The van der Waals surface area contributed by atoms with Gasteiger partial charge in [-0.05, 0) is 30.3 Å². The van der Waals surface area contributed by atoms with Crippen molar-refractivity contribution in [2.75, 3.05) is 17.7 Å². The van der Waals surface area contributed by atoms with Crippen molar-refractivity contribution in [2.24, 2.45) is 10.7 Å². The molecule has 2 aliphatic heterocycles. The molecule has 0 saturated carbocycles. The van der Waals surface area contributed by atoms with Crippen LogP contribution in [0.4, 0.5) is 14.5 Å². The largest absolute Gasteiger partial charge is 0.459 e. The molecule has 1 amide bonds. The van der Waals surface area contributed by atoms with E-state index in [-0.39, 0.29) is 34.0 Å². The number of aromatic nitrogens is 1. The van der Waals surface area contributed by atoms with Gasteiger partial charge in [-0.3, -0.25) is 13.9 Å². The van der Waals surface area contributed by atoms with E-state index in [0.29, 0.717) is 5.02 Å². The molecule has 4 rings (SSSR count). The van der Waals surface area contributed by atoms with E-state index in [1.807, 2.05) is 0 Å². The Morgan fingerprint density at radius 3 is 2.77 bits per heavy atom. The second-order valence-electron chi connectivity index (χ2n) is 6.95. The summed E-state index contributed by atoms with van der Waals surface area (Å²) in [5.41, 5.74) is 3.55. The molecule has 1 aromatic heterocycles. The molecule has 1 atom stereocenters. The first-order valence-electron chi connectivity index (χ1n) is 8.73. The maximum atomic E-state index is 15.0. The predicted molar refractivity (Wildman–Crippen MR) is 108 cm³/mol. The Kier molecular flexibility index (Phi) is 4.88. The van der Waals surface area contributed by atoms with Gasteiger partial charge in [0.15, 0.2) is 12.1 Å². The first kappa shape index (κ1) is 20.8. The van der Waals surface area contributed by atoms with Gasteiger partial charge in [-0.15, -0.1) is 0 Å². The first-order valence-corrected chi connectivity index (χ1v) is 10.8. The summed E-state index contributed by atoms with van der Waals surface area (Å²) in [6, 6.07) is 6.43. The SMILES string of the molecule is NC1=N[C@@]2(CCS(O)(O)c3ccc(NC(=O)c4ccc(Cl)cn4)cc32)C(F)(F)CO1. The van der Waals surface area contributed by atoms with E-state index in [4.69, 9.17) is 22.1 Å². The van der Waals surface area contributed by atoms with Gasteiger partial charge in [-0.25, -0.2) is 9.98 Å². The zero-order valence-electron chi connectivity index (χ0n) is 15.3. The summed E-state index contributed by atoms with van der Waals surface area (Å²) in [5.74, 6) is -4.35. The summed E-state index contributed by atoms with van der Waals surface area (Å²) < 4.78 is 55.6. The van der Waals surface area contributed by atoms with Gasteiger partial charge in [0.05, 0.1) is 9.92 Å². The molecule has 0 aliphatic carbocycles. The van der Waals surface area contributed by atoms with E-state index in [0.717, 1.165) is 0 Å². The predicted octanol–water partition coefficient (Wildman–Crippen LogP) is 3.68. The average molecular weight is 459 g/mol. The fourth-order valence-corrected chi connectivity index (χ4v) is 5.32. The van der Waals surface area contributed by atoms with Crippen molar-refractivity contribution in [2.45, 2.75) is 22.8 Å². The third-order valence-corrected chi connectivity index (χ3v) is 7.11. The maximum absolute atomic E-state index is 15.0. The van der Waals surface area contributed by atoms with Crippen molar-refractivity contribution in [1.82, 2.24) is 4.98 Å². The lowest BCUT2D eigenvalue weighted by molar-refractivity contribution is -0.125. The molecule has 8 nitrogen and oxygen atoms in total. The van der Waals surface area contributed by atoms with Gasteiger partial charge in [-0.1, -0.05) is 11.6 Å². The van der Waals surface area contributed by atoms with Crippen molar-refractivity contribution in [3.63, 3.8) is 0 Å². The minimum Gasteiger partial charge on any atom is -0.459 e. The fraction of sp³-hybridized carbons (Fsp3) is 0.278. The number of carbonyl (C=O) groups excluding carboxylic acids is 1. The zero-order chi connectivity index (χ0) is 21.7. The zero-order valence-corrected chi connectivity index (χ0v) is 16.9. The number of ether oxygens (including phenoxy) is 1. The Morgan fingerprint density at radius 2 is 2.07 bits per heavy atom. The number of halogens is 3. The minimum absolute atomic E-state index is 0.0607. The smallest absolute Gasteiger partial charge is 0.310 e. The molecular formula is C18H17ClF2N4O4S. The van der Waals surface area contributed by atoms with E-state index >= 15 is 0 Å². The number of fused-ring (bicyclic) bond motifs is 2. The topological polar surface area (TPSA) is 130 Å². The van der Waals surface area contributed by atoms with Crippen LogP contribution < -0.4 is 11.1 Å². The fourth-order valence-electron chi connectivity index (χ4n) is 3.54. The van der Waals surface area contributed by atoms with Crippen LogP contribution in [-0.2, 0) is 10.3 Å². The number of nitrogens with two attached hydrogens (primary N) is 1. The number of aliphatic imine (C=N–C) groups is 1. The quantitative estimate of drug-likeness (QED) is 0.543. The molecule has 3 heterocycles. The lowest BCUT2D eigenvalue weighted by atomic mass is 9.80. The normalized spacial score (nSPS) is 24.9. The summed E-state index contributed by atoms with van der Waals surface area (Å²) in [5, 5.41) is 2.91. The molecule has 2 aromatic rings. The molecule has 2 aliphatic rings. The Bertz CT molecular complexity index is 1050. The van der Waals surface area contributed by atoms with Crippen molar-refractivity contribution >= 4 is 39.8 Å². The number of nitrogens with zero attached hydrogens (tertiary/aromatic N) is 2. The molecule has 0 fully saturated rings. The lowest BCUT2D eigenvalue weighted by Gasteiger charge is -2.49. The lowest BCUT2D eigenvalue weighted by Crippen LogP contribution is -2.55. The average Bonchev–Trinajstić information content (AvgIpc) is 2.68. The molecule has 1 spiro atoms. The number of alkyl halides is 2. The van der Waals surface area contributed by atoms with E-state index in [1.165, 1.54) is 36.5 Å². The third-order valence-electron chi connectivity index (χ3n) is 5.05. The van der Waals surface area contributed by atoms with Gasteiger partial charge < -0.3 is 15.8 Å². The third kappa shape index (κ3) is 3.37. The van der Waals surface area contributed by atoms with Crippen LogP contribution in [0.2, 0.25) is 5.02 Å². The highest BCUT2D eigenvalue weighted by Crippen LogP contribution is 2.62. The Morgan fingerprint density at radius 1 is 1.30 bits per heavy atom. The number of rotatable bonds is 2. The number of carbonyl (C=O) groups is 1. The van der Waals surface area contributed by atoms with Gasteiger partial charge in [0, 0.05) is 29.6 Å². The van der Waals surface area contributed by atoms with Crippen LogP contribution in [0.15, 0.2) is 46.4 Å². The monoisotopic (exact) mass is 458 g/mol. The second-order valence-corrected chi connectivity index (χ2v) is 9.57. The van der Waals surface area contributed by atoms with E-state index < -0.39 is 40.6 Å².